The lowest BCUT2D eigenvalue weighted by Gasteiger charge is -2.27. The molecule has 1 aliphatic carbocycles. The number of hydrogen-bond acceptors (Lipinski definition) is 11. The Hall–Kier alpha value is -6.99. The van der Waals surface area contributed by atoms with Crippen LogP contribution in [0.25, 0.3) is 44.5 Å². The van der Waals surface area contributed by atoms with E-state index in [1.54, 1.807) is 21.9 Å². The first-order valence-electron chi connectivity index (χ1n) is 28.0. The summed E-state index contributed by atoms with van der Waals surface area (Å²) in [4.78, 5) is 33.0. The van der Waals surface area contributed by atoms with E-state index in [2.05, 4.69) is 19.1 Å². The number of carbonyl (C=O) groups excluding carboxylic acids is 2. The molecule has 452 valence electrons. The number of alkyl halides is 6. The van der Waals surface area contributed by atoms with Gasteiger partial charge in [-0.3, -0.25) is 14.2 Å². The number of fused-ring (bicyclic) bond motifs is 3. The van der Waals surface area contributed by atoms with E-state index in [4.69, 9.17) is 13.9 Å². The summed E-state index contributed by atoms with van der Waals surface area (Å²) >= 11 is 0. The molecule has 0 unspecified atom stereocenters. The molecule has 4 aliphatic rings. The molecule has 2 N–H and O–H groups in total. The largest absolute Gasteiger partial charge is 0.483 e. The first-order chi connectivity index (χ1) is 39.9. The van der Waals surface area contributed by atoms with Crippen molar-refractivity contribution in [2.24, 2.45) is 0 Å². The number of halogens is 6. The van der Waals surface area contributed by atoms with Gasteiger partial charge in [0.05, 0.1) is 22.6 Å². The predicted octanol–water partition coefficient (Wildman–Crippen LogP) is 11.0. The minimum absolute atomic E-state index is 0.00519. The number of unbranched alkanes of at least 4 members (excludes halogenated alkanes) is 2. The number of carbonyl (C=O) groups is 2. The summed E-state index contributed by atoms with van der Waals surface area (Å²) in [5, 5.41) is 1.44. The Labute approximate surface area is 485 Å². The maximum Gasteiger partial charge on any atom is 0.422 e. The summed E-state index contributed by atoms with van der Waals surface area (Å²) in [6.45, 7) is 13.5. The van der Waals surface area contributed by atoms with Crippen LogP contribution in [0.3, 0.4) is 0 Å². The highest BCUT2D eigenvalue weighted by atomic mass is 32.2. The van der Waals surface area contributed by atoms with Gasteiger partial charge >= 0.3 is 18.4 Å². The van der Waals surface area contributed by atoms with Crippen LogP contribution in [0.15, 0.2) is 123 Å². The number of anilines is 1. The van der Waals surface area contributed by atoms with E-state index in [-0.39, 0.29) is 53.0 Å². The minimum atomic E-state index is -5.01. The Morgan fingerprint density at radius 3 is 2.19 bits per heavy atom. The Kier molecular flexibility index (Phi) is 19.9. The normalized spacial score (nSPS) is 15.3. The number of nitrogens with zero attached hydrogens (tertiary/aromatic N) is 5. The standard InChI is InChI=1S/C60H68F6N6O10S2/c1-6-68(31-32-71(56(73)37-54-50-15-14-30-72(50)58(74)82-54)38-40-16-18-41(19-17-40)46-24-20-42(60(64,65)66)33-51(46)80-39-59(61,62)63)29-13-11-12-28-67-83(75,76)45-23-27-49(55(36-45)84(77,78)79)57-47-25-21-43(69(7-2)8-3)34-52(47)81-53-35-44(22-26-48(53)57)70(9-4)10-5/h16-27,33-37,50,67H,6-15,28-32,38-39H2,1-5H3/p+1/b54-37+/t50-/m0/s1. The molecule has 2 amide bonds. The summed E-state index contributed by atoms with van der Waals surface area (Å²) in [5.41, 5.74) is 2.10. The van der Waals surface area contributed by atoms with E-state index in [9.17, 15) is 57.3 Å². The number of likely N-dealkylation sites (N-methyl/N-ethyl adjacent to an activating group) is 1. The van der Waals surface area contributed by atoms with E-state index in [0.29, 0.717) is 91.3 Å². The highest BCUT2D eigenvalue weighted by Crippen LogP contribution is 2.44. The van der Waals surface area contributed by atoms with Crippen LogP contribution in [0.4, 0.5) is 36.8 Å². The van der Waals surface area contributed by atoms with Crippen LogP contribution in [-0.4, -0.2) is 132 Å². The SMILES string of the molecule is CCN(CCCCCNS(=O)(=O)c1ccc(-c2c3ccc(=[N+](CC)CC)cc-3oc3cc(N(CC)CC)ccc23)c(S(=O)(=O)O)c1)CCN(Cc1ccc(-c2ccc(C(F)(F)F)cc2OCC(F)(F)F)cc1)C(=O)/C=C1/OC(=O)N2CCC[C@@H]12. The van der Waals surface area contributed by atoms with Crippen LogP contribution in [0.2, 0.25) is 0 Å². The lowest BCUT2D eigenvalue weighted by molar-refractivity contribution is -0.153. The van der Waals surface area contributed by atoms with E-state index >= 15 is 0 Å². The number of cyclic esters (lactones) is 1. The molecule has 0 saturated carbocycles. The van der Waals surface area contributed by atoms with Crippen LogP contribution in [-0.2, 0) is 42.4 Å². The van der Waals surface area contributed by atoms with Gasteiger partial charge in [-0.05, 0) is 120 Å². The van der Waals surface area contributed by atoms with Crippen molar-refractivity contribution in [3.05, 3.63) is 125 Å². The zero-order chi connectivity index (χ0) is 60.7. The van der Waals surface area contributed by atoms with Gasteiger partial charge in [-0.1, -0.05) is 49.7 Å². The van der Waals surface area contributed by atoms with Crippen molar-refractivity contribution in [3.8, 4) is 39.3 Å². The Balaban J connectivity index is 0.941. The number of ether oxygens (including phenoxy) is 2. The fourth-order valence-electron chi connectivity index (χ4n) is 10.8. The third-order valence-electron chi connectivity index (χ3n) is 15.3. The molecular formula is C60H69F6N6O10S2+. The number of benzene rings is 5. The maximum atomic E-state index is 14.1. The van der Waals surface area contributed by atoms with Gasteiger partial charge in [-0.25, -0.2) is 22.5 Å². The van der Waals surface area contributed by atoms with Crippen LogP contribution in [0.5, 0.6) is 5.75 Å². The molecule has 4 aromatic rings. The van der Waals surface area contributed by atoms with E-state index in [1.165, 1.54) is 30.3 Å². The molecule has 3 aliphatic heterocycles. The molecule has 1 atom stereocenters. The number of hydrogen-bond donors (Lipinski definition) is 2. The van der Waals surface area contributed by atoms with Crippen molar-refractivity contribution >= 4 is 48.8 Å². The second-order valence-corrected chi connectivity index (χ2v) is 23.7. The molecule has 2 saturated heterocycles. The molecule has 0 radical (unpaired) electrons. The third-order valence-corrected chi connectivity index (χ3v) is 17.6. The molecule has 0 bridgehead atoms. The molecule has 0 aromatic heterocycles. The van der Waals surface area contributed by atoms with Crippen molar-refractivity contribution in [3.63, 3.8) is 0 Å². The first kappa shape index (κ1) is 63.0. The lowest BCUT2D eigenvalue weighted by atomic mass is 9.93. The molecule has 0 spiro atoms. The molecule has 84 heavy (non-hydrogen) atoms. The van der Waals surface area contributed by atoms with Crippen LogP contribution in [0, 0.1) is 0 Å². The van der Waals surface area contributed by atoms with Gasteiger partial charge in [0.25, 0.3) is 10.1 Å². The molecule has 3 heterocycles. The van der Waals surface area contributed by atoms with Crippen molar-refractivity contribution in [2.75, 3.05) is 77.0 Å². The maximum absolute atomic E-state index is 14.1. The highest BCUT2D eigenvalue weighted by Gasteiger charge is 2.42. The predicted molar refractivity (Wildman–Crippen MR) is 307 cm³/mol. The van der Waals surface area contributed by atoms with Gasteiger partial charge in [0.15, 0.2) is 6.61 Å². The van der Waals surface area contributed by atoms with Crippen molar-refractivity contribution in [1.82, 2.24) is 24.0 Å². The summed E-state index contributed by atoms with van der Waals surface area (Å²) in [5.74, 6) is -0.360. The lowest BCUT2D eigenvalue weighted by Crippen LogP contribution is -2.38. The van der Waals surface area contributed by atoms with Gasteiger partial charge in [0, 0.05) is 97.3 Å². The van der Waals surface area contributed by atoms with Crippen molar-refractivity contribution in [2.45, 2.75) is 101 Å². The average Bonchev–Trinajstić information content (AvgIpc) is 1.28. The van der Waals surface area contributed by atoms with Crippen LogP contribution < -0.4 is 24.3 Å². The van der Waals surface area contributed by atoms with Gasteiger partial charge in [-0.2, -0.15) is 34.8 Å². The zero-order valence-electron chi connectivity index (χ0n) is 47.4. The summed E-state index contributed by atoms with van der Waals surface area (Å²) in [6, 6.07) is 23.1. The van der Waals surface area contributed by atoms with Gasteiger partial charge in [0.1, 0.15) is 40.8 Å². The fourth-order valence-corrected chi connectivity index (χ4v) is 12.7. The van der Waals surface area contributed by atoms with E-state index < -0.39 is 67.3 Å². The van der Waals surface area contributed by atoms with Crippen LogP contribution in [0.1, 0.15) is 77.8 Å². The Bertz CT molecular complexity index is 3660. The molecule has 24 heteroatoms. The summed E-state index contributed by atoms with van der Waals surface area (Å²) < 4.78 is 167. The number of rotatable bonds is 25. The molecule has 4 aromatic carbocycles. The monoisotopic (exact) mass is 1210 g/mol. The summed E-state index contributed by atoms with van der Waals surface area (Å²) in [7, 11) is -9.31. The van der Waals surface area contributed by atoms with E-state index in [1.807, 2.05) is 71.0 Å². The van der Waals surface area contributed by atoms with Gasteiger partial charge < -0.3 is 28.6 Å². The third kappa shape index (κ3) is 14.9. The first-order valence-corrected chi connectivity index (χ1v) is 30.9. The second kappa shape index (κ2) is 26.5. The number of nitrogens with one attached hydrogen (secondary N) is 1. The highest BCUT2D eigenvalue weighted by molar-refractivity contribution is 7.89. The van der Waals surface area contributed by atoms with Crippen LogP contribution >= 0.6 is 0 Å². The topological polar surface area (TPSA) is 182 Å². The molecule has 16 nitrogen and oxygen atoms in total. The average molecular weight is 1210 g/mol. The quantitative estimate of drug-likeness (QED) is 0.0138. The number of amides is 2. The molecular weight excluding hydrogens is 1140 g/mol. The molecule has 2 fully saturated rings. The smallest absolute Gasteiger partial charge is 0.422 e. The van der Waals surface area contributed by atoms with Crippen molar-refractivity contribution < 1.29 is 71.2 Å². The Morgan fingerprint density at radius 2 is 1.52 bits per heavy atom. The fraction of sp³-hybridized carbons (Fsp3) is 0.417. The second-order valence-electron chi connectivity index (χ2n) is 20.5. The summed E-state index contributed by atoms with van der Waals surface area (Å²) in [6.07, 6.45) is -5.91. The van der Waals surface area contributed by atoms with E-state index in [0.717, 1.165) is 61.8 Å². The van der Waals surface area contributed by atoms with Gasteiger partial charge in [-0.15, -0.1) is 0 Å². The molecule has 8 rings (SSSR count). The zero-order valence-corrected chi connectivity index (χ0v) is 49.0. The minimum Gasteiger partial charge on any atom is -0.483 e. The van der Waals surface area contributed by atoms with Gasteiger partial charge in [0.2, 0.25) is 21.3 Å². The Morgan fingerprint density at radius 1 is 0.810 bits per heavy atom. The van der Waals surface area contributed by atoms with Crippen molar-refractivity contribution in [1.29, 1.82) is 0 Å². The number of sulfonamides is 1.